The predicted octanol–water partition coefficient (Wildman–Crippen LogP) is 1.45. The third kappa shape index (κ3) is 2.39. The molecular weight excluding hydrogens is 272 g/mol. The molecule has 0 bridgehead atoms. The van der Waals surface area contributed by atoms with Crippen LogP contribution in [-0.4, -0.2) is 53.8 Å². The molecule has 2 N–H and O–H groups in total. The van der Waals surface area contributed by atoms with E-state index in [-0.39, 0.29) is 23.6 Å². The maximum atomic E-state index is 12.3. The molecule has 2 aliphatic carbocycles. The van der Waals surface area contributed by atoms with E-state index in [1.807, 2.05) is 6.92 Å². The standard InChI is InChI=1S/C15H24N2O4/c1-2-21-12-8-11(15(12)5-3-6-15)16-14(20)17-7-4-10(9-17)13(18)19/h10-12H,2-9H2,1H3,(H,16,20)(H,18,19). The molecule has 118 valence electrons. The fraction of sp³-hybridized carbons (Fsp3) is 0.867. The van der Waals surface area contributed by atoms with Crippen LogP contribution in [-0.2, 0) is 9.53 Å². The number of hydrogen-bond donors (Lipinski definition) is 2. The third-order valence-corrected chi connectivity index (χ3v) is 5.56. The predicted molar refractivity (Wildman–Crippen MR) is 76.0 cm³/mol. The van der Waals surface area contributed by atoms with Crippen LogP contribution >= 0.6 is 0 Å². The minimum absolute atomic E-state index is 0.107. The minimum Gasteiger partial charge on any atom is -0.481 e. The number of carboxylic acid groups (broad SMARTS) is 1. The van der Waals surface area contributed by atoms with Crippen molar-refractivity contribution >= 4 is 12.0 Å². The van der Waals surface area contributed by atoms with Crippen molar-refractivity contribution in [3.63, 3.8) is 0 Å². The average molecular weight is 296 g/mol. The first kappa shape index (κ1) is 14.6. The number of ether oxygens (including phenoxy) is 1. The quantitative estimate of drug-likeness (QED) is 0.823. The Labute approximate surface area is 124 Å². The second kappa shape index (κ2) is 5.48. The largest absolute Gasteiger partial charge is 0.481 e. The van der Waals surface area contributed by atoms with Gasteiger partial charge in [-0.2, -0.15) is 0 Å². The Morgan fingerprint density at radius 2 is 2.19 bits per heavy atom. The van der Waals surface area contributed by atoms with Crippen molar-refractivity contribution in [2.45, 2.75) is 51.2 Å². The number of hydrogen-bond acceptors (Lipinski definition) is 3. The molecule has 1 aliphatic heterocycles. The number of likely N-dealkylation sites (tertiary alicyclic amines) is 1. The zero-order valence-electron chi connectivity index (χ0n) is 12.5. The highest BCUT2D eigenvalue weighted by Crippen LogP contribution is 2.57. The van der Waals surface area contributed by atoms with Gasteiger partial charge in [-0.25, -0.2) is 4.79 Å². The lowest BCUT2D eigenvalue weighted by Gasteiger charge is -2.61. The van der Waals surface area contributed by atoms with Crippen LogP contribution in [0.15, 0.2) is 0 Å². The molecule has 3 rings (SSSR count). The van der Waals surface area contributed by atoms with E-state index in [4.69, 9.17) is 9.84 Å². The van der Waals surface area contributed by atoms with E-state index in [1.54, 1.807) is 4.90 Å². The van der Waals surface area contributed by atoms with Gasteiger partial charge in [0.05, 0.1) is 12.0 Å². The lowest BCUT2D eigenvalue weighted by molar-refractivity contribution is -0.169. The van der Waals surface area contributed by atoms with Gasteiger partial charge in [0.15, 0.2) is 0 Å². The van der Waals surface area contributed by atoms with Crippen molar-refractivity contribution < 1.29 is 19.4 Å². The Morgan fingerprint density at radius 3 is 2.71 bits per heavy atom. The van der Waals surface area contributed by atoms with E-state index in [0.717, 1.165) is 25.9 Å². The first-order valence-corrected chi connectivity index (χ1v) is 7.96. The normalized spacial score (nSPS) is 33.4. The summed E-state index contributed by atoms with van der Waals surface area (Å²) in [5.41, 5.74) is 0.150. The molecule has 3 fully saturated rings. The van der Waals surface area contributed by atoms with Crippen LogP contribution in [0.25, 0.3) is 0 Å². The molecule has 21 heavy (non-hydrogen) atoms. The molecule has 0 radical (unpaired) electrons. The van der Waals surface area contributed by atoms with E-state index in [2.05, 4.69) is 5.32 Å². The summed E-state index contributed by atoms with van der Waals surface area (Å²) >= 11 is 0. The Balaban J connectivity index is 1.53. The number of aliphatic carboxylic acids is 1. The zero-order valence-corrected chi connectivity index (χ0v) is 12.5. The third-order valence-electron chi connectivity index (χ3n) is 5.56. The molecule has 3 atom stereocenters. The first-order chi connectivity index (χ1) is 10.1. The second-order valence-corrected chi connectivity index (χ2v) is 6.54. The van der Waals surface area contributed by atoms with Gasteiger partial charge in [-0.15, -0.1) is 0 Å². The Morgan fingerprint density at radius 1 is 1.43 bits per heavy atom. The number of nitrogens with zero attached hydrogens (tertiary/aromatic N) is 1. The average Bonchev–Trinajstić information content (AvgIpc) is 2.85. The topological polar surface area (TPSA) is 78.9 Å². The Bertz CT molecular complexity index is 435. The number of nitrogens with one attached hydrogen (secondary N) is 1. The lowest BCUT2D eigenvalue weighted by atomic mass is 9.51. The van der Waals surface area contributed by atoms with Crippen molar-refractivity contribution in [2.75, 3.05) is 19.7 Å². The first-order valence-electron chi connectivity index (χ1n) is 7.96. The van der Waals surface area contributed by atoms with Crippen molar-refractivity contribution in [3.8, 4) is 0 Å². The Kier molecular flexibility index (Phi) is 3.82. The Hall–Kier alpha value is -1.30. The fourth-order valence-electron chi connectivity index (χ4n) is 4.03. The van der Waals surface area contributed by atoms with Gasteiger partial charge in [0.1, 0.15) is 0 Å². The van der Waals surface area contributed by atoms with Crippen LogP contribution in [0.4, 0.5) is 4.79 Å². The highest BCUT2D eigenvalue weighted by atomic mass is 16.5. The van der Waals surface area contributed by atoms with Crippen LogP contribution in [0.2, 0.25) is 0 Å². The molecule has 0 aromatic heterocycles. The number of amides is 2. The summed E-state index contributed by atoms with van der Waals surface area (Å²) in [6.45, 7) is 3.60. The SMILES string of the molecule is CCOC1CC(NC(=O)N2CCC(C(=O)O)C2)C12CCC2. The molecule has 1 heterocycles. The molecule has 6 heteroatoms. The van der Waals surface area contributed by atoms with Gasteiger partial charge in [-0.05, 0) is 32.6 Å². The number of urea groups is 1. The summed E-state index contributed by atoms with van der Waals surface area (Å²) in [7, 11) is 0. The van der Waals surface area contributed by atoms with Gasteiger partial charge in [-0.3, -0.25) is 4.79 Å². The van der Waals surface area contributed by atoms with Crippen molar-refractivity contribution in [2.24, 2.45) is 11.3 Å². The fourth-order valence-corrected chi connectivity index (χ4v) is 4.03. The number of carbonyl (C=O) groups excluding carboxylic acids is 1. The van der Waals surface area contributed by atoms with Crippen molar-refractivity contribution in [1.82, 2.24) is 10.2 Å². The maximum absolute atomic E-state index is 12.3. The maximum Gasteiger partial charge on any atom is 0.317 e. The van der Waals surface area contributed by atoms with Gasteiger partial charge in [-0.1, -0.05) is 6.42 Å². The molecule has 3 unspecified atom stereocenters. The molecule has 1 spiro atoms. The molecule has 6 nitrogen and oxygen atoms in total. The summed E-state index contributed by atoms with van der Waals surface area (Å²) in [4.78, 5) is 24.9. The van der Waals surface area contributed by atoms with E-state index in [1.165, 1.54) is 6.42 Å². The molecule has 2 saturated carbocycles. The molecule has 0 aromatic carbocycles. The summed E-state index contributed by atoms with van der Waals surface area (Å²) in [6, 6.07) is 0.0872. The van der Waals surface area contributed by atoms with Gasteiger partial charge in [0.2, 0.25) is 0 Å². The van der Waals surface area contributed by atoms with Crippen LogP contribution in [0.5, 0.6) is 0 Å². The van der Waals surface area contributed by atoms with E-state index in [0.29, 0.717) is 19.5 Å². The second-order valence-electron chi connectivity index (χ2n) is 6.54. The molecular formula is C15H24N2O4. The van der Waals surface area contributed by atoms with Crippen molar-refractivity contribution in [1.29, 1.82) is 0 Å². The van der Waals surface area contributed by atoms with E-state index < -0.39 is 11.9 Å². The minimum atomic E-state index is -0.805. The number of rotatable bonds is 4. The van der Waals surface area contributed by atoms with Crippen LogP contribution in [0, 0.1) is 11.3 Å². The summed E-state index contributed by atoms with van der Waals surface area (Å²) in [5, 5.41) is 12.1. The molecule has 0 aromatic rings. The van der Waals surface area contributed by atoms with Gasteiger partial charge >= 0.3 is 12.0 Å². The van der Waals surface area contributed by atoms with Gasteiger partial charge in [0, 0.05) is 31.2 Å². The van der Waals surface area contributed by atoms with Crippen molar-refractivity contribution in [3.05, 3.63) is 0 Å². The van der Waals surface area contributed by atoms with Gasteiger partial charge < -0.3 is 20.1 Å². The number of carbonyl (C=O) groups is 2. The van der Waals surface area contributed by atoms with Crippen LogP contribution in [0.3, 0.4) is 0 Å². The zero-order chi connectivity index (χ0) is 15.0. The summed E-state index contributed by atoms with van der Waals surface area (Å²) in [5.74, 6) is -1.22. The number of carboxylic acids is 1. The van der Waals surface area contributed by atoms with Crippen LogP contribution < -0.4 is 5.32 Å². The smallest absolute Gasteiger partial charge is 0.317 e. The molecule has 2 amide bonds. The summed E-state index contributed by atoms with van der Waals surface area (Å²) < 4.78 is 5.78. The molecule has 1 saturated heterocycles. The highest BCUT2D eigenvalue weighted by Gasteiger charge is 2.59. The van der Waals surface area contributed by atoms with Gasteiger partial charge in [0.25, 0.3) is 0 Å². The lowest BCUT2D eigenvalue weighted by Crippen LogP contribution is -2.68. The molecule has 3 aliphatic rings. The monoisotopic (exact) mass is 296 g/mol. The van der Waals surface area contributed by atoms with Crippen LogP contribution in [0.1, 0.15) is 39.0 Å². The van der Waals surface area contributed by atoms with E-state index in [9.17, 15) is 9.59 Å². The highest BCUT2D eigenvalue weighted by molar-refractivity contribution is 5.77. The van der Waals surface area contributed by atoms with E-state index >= 15 is 0 Å². The summed E-state index contributed by atoms with van der Waals surface area (Å²) in [6.07, 6.45) is 5.18.